The van der Waals surface area contributed by atoms with Crippen molar-refractivity contribution in [1.82, 2.24) is 0 Å². The third kappa shape index (κ3) is 8.89. The number of aldehydes is 1. The molecule has 0 aliphatic rings. The van der Waals surface area contributed by atoms with E-state index in [-0.39, 0.29) is 0 Å². The van der Waals surface area contributed by atoms with Crippen molar-refractivity contribution in [2.45, 2.75) is 26.2 Å². The molecule has 0 rings (SSSR count). The van der Waals surface area contributed by atoms with Crippen molar-refractivity contribution in [1.29, 1.82) is 0 Å². The molecule has 0 aliphatic carbocycles. The zero-order valence-corrected chi connectivity index (χ0v) is 7.57. The number of hydrogen-bond acceptors (Lipinski definition) is 1. The van der Waals surface area contributed by atoms with Crippen LogP contribution in [0.1, 0.15) is 26.2 Å². The molecule has 0 heterocycles. The summed E-state index contributed by atoms with van der Waals surface area (Å²) in [5.41, 5.74) is 0. The molecule has 0 spiro atoms. The van der Waals surface area contributed by atoms with Gasteiger partial charge in [0.25, 0.3) is 0 Å². The third-order valence-corrected chi connectivity index (χ3v) is 1.33. The number of carbonyl (C=O) groups is 1. The lowest BCUT2D eigenvalue weighted by Gasteiger charge is -1.82. The Balaban J connectivity index is 3.35. The van der Waals surface area contributed by atoms with Gasteiger partial charge in [0.15, 0.2) is 0 Å². The maximum atomic E-state index is 9.84. The van der Waals surface area contributed by atoms with Crippen LogP contribution < -0.4 is 0 Å². The first kappa shape index (κ1) is 10.9. The van der Waals surface area contributed by atoms with Crippen molar-refractivity contribution < 1.29 is 4.79 Å². The summed E-state index contributed by atoms with van der Waals surface area (Å²) in [6.45, 7) is 2.16. The molecule has 0 unspecified atom stereocenters. The first-order valence-electron chi connectivity index (χ1n) is 4.33. The zero-order valence-electron chi connectivity index (χ0n) is 7.57. The van der Waals surface area contributed by atoms with E-state index in [1.54, 1.807) is 6.08 Å². The molecule has 0 fully saturated rings. The van der Waals surface area contributed by atoms with Crippen LogP contribution in [0.3, 0.4) is 0 Å². The van der Waals surface area contributed by atoms with Crippen LogP contribution >= 0.6 is 0 Å². The van der Waals surface area contributed by atoms with Gasteiger partial charge in [0, 0.05) is 0 Å². The van der Waals surface area contributed by atoms with Gasteiger partial charge in [-0.15, -0.1) is 0 Å². The van der Waals surface area contributed by atoms with Crippen LogP contribution in [0, 0.1) is 0 Å². The smallest absolute Gasteiger partial charge is 0.142 e. The molecule has 0 radical (unpaired) electrons. The Morgan fingerprint density at radius 3 is 2.50 bits per heavy atom. The highest BCUT2D eigenvalue weighted by Gasteiger charge is 1.71. The van der Waals surface area contributed by atoms with E-state index >= 15 is 0 Å². The second kappa shape index (κ2) is 9.89. The molecule has 0 saturated carbocycles. The van der Waals surface area contributed by atoms with E-state index in [2.05, 4.69) is 19.1 Å². The minimum atomic E-state index is 0.775. The molecule has 0 N–H and O–H groups in total. The number of unbranched alkanes of at least 4 members (excludes halogenated alkanes) is 1. The van der Waals surface area contributed by atoms with Crippen molar-refractivity contribution in [3.8, 4) is 0 Å². The molecule has 12 heavy (non-hydrogen) atoms. The lowest BCUT2D eigenvalue weighted by Crippen LogP contribution is -1.62. The second-order valence-corrected chi connectivity index (χ2v) is 2.44. The van der Waals surface area contributed by atoms with E-state index in [4.69, 9.17) is 0 Å². The van der Waals surface area contributed by atoms with Gasteiger partial charge < -0.3 is 0 Å². The summed E-state index contributed by atoms with van der Waals surface area (Å²) in [7, 11) is 0. The van der Waals surface area contributed by atoms with Gasteiger partial charge in [-0.05, 0) is 18.9 Å². The Labute approximate surface area is 74.5 Å². The molecule has 1 heteroatoms. The van der Waals surface area contributed by atoms with Gasteiger partial charge in [0.1, 0.15) is 6.29 Å². The topological polar surface area (TPSA) is 17.1 Å². The van der Waals surface area contributed by atoms with Gasteiger partial charge in [0.05, 0.1) is 0 Å². The molecular formula is C11H16O. The van der Waals surface area contributed by atoms with E-state index in [0.717, 1.165) is 19.1 Å². The fourth-order valence-corrected chi connectivity index (χ4v) is 0.726. The van der Waals surface area contributed by atoms with Crippen LogP contribution in [0.4, 0.5) is 0 Å². The fourth-order valence-electron chi connectivity index (χ4n) is 0.726. The van der Waals surface area contributed by atoms with Crippen molar-refractivity contribution in [3.63, 3.8) is 0 Å². The SMILES string of the molecule is CCC/C=C/C/C=C/C=C/C=O. The monoisotopic (exact) mass is 164 g/mol. The van der Waals surface area contributed by atoms with Crippen LogP contribution in [-0.4, -0.2) is 6.29 Å². The Morgan fingerprint density at radius 2 is 1.83 bits per heavy atom. The van der Waals surface area contributed by atoms with E-state index < -0.39 is 0 Å². The molecule has 66 valence electrons. The maximum absolute atomic E-state index is 9.84. The van der Waals surface area contributed by atoms with Crippen LogP contribution in [0.2, 0.25) is 0 Å². The van der Waals surface area contributed by atoms with Crippen molar-refractivity contribution in [2.75, 3.05) is 0 Å². The summed E-state index contributed by atoms with van der Waals surface area (Å²) < 4.78 is 0. The fraction of sp³-hybridized carbons (Fsp3) is 0.364. The second-order valence-electron chi connectivity index (χ2n) is 2.44. The summed E-state index contributed by atoms with van der Waals surface area (Å²) >= 11 is 0. The lowest BCUT2D eigenvalue weighted by molar-refractivity contribution is -0.104. The average molecular weight is 164 g/mol. The third-order valence-electron chi connectivity index (χ3n) is 1.33. The molecular weight excluding hydrogens is 148 g/mol. The molecule has 0 aromatic carbocycles. The van der Waals surface area contributed by atoms with Gasteiger partial charge in [0.2, 0.25) is 0 Å². The first-order chi connectivity index (χ1) is 5.91. The zero-order chi connectivity index (χ0) is 9.07. The highest BCUT2D eigenvalue weighted by molar-refractivity contribution is 5.65. The van der Waals surface area contributed by atoms with E-state index in [1.807, 2.05) is 12.2 Å². The van der Waals surface area contributed by atoms with Crippen LogP contribution in [-0.2, 0) is 4.79 Å². The maximum Gasteiger partial charge on any atom is 0.142 e. The van der Waals surface area contributed by atoms with Crippen LogP contribution in [0.5, 0.6) is 0 Å². The predicted molar refractivity (Wildman–Crippen MR) is 53.0 cm³/mol. The molecule has 0 atom stereocenters. The summed E-state index contributed by atoms with van der Waals surface area (Å²) in [6.07, 6.45) is 15.5. The molecule has 0 saturated heterocycles. The van der Waals surface area contributed by atoms with Gasteiger partial charge in [-0.2, -0.15) is 0 Å². The van der Waals surface area contributed by atoms with Gasteiger partial charge >= 0.3 is 0 Å². The minimum Gasteiger partial charge on any atom is -0.299 e. The Morgan fingerprint density at radius 1 is 1.00 bits per heavy atom. The molecule has 0 bridgehead atoms. The number of rotatable bonds is 6. The molecule has 0 aromatic heterocycles. The molecule has 0 amide bonds. The van der Waals surface area contributed by atoms with Crippen LogP contribution in [0.15, 0.2) is 36.5 Å². The minimum absolute atomic E-state index is 0.775. The summed E-state index contributed by atoms with van der Waals surface area (Å²) in [4.78, 5) is 9.84. The number of allylic oxidation sites excluding steroid dienone is 6. The quantitative estimate of drug-likeness (QED) is 0.255. The first-order valence-corrected chi connectivity index (χ1v) is 4.33. The van der Waals surface area contributed by atoms with Crippen molar-refractivity contribution >= 4 is 6.29 Å². The van der Waals surface area contributed by atoms with Gasteiger partial charge in [-0.25, -0.2) is 0 Å². The molecule has 0 aromatic rings. The number of carbonyl (C=O) groups excluding carboxylic acids is 1. The summed E-state index contributed by atoms with van der Waals surface area (Å²) in [6, 6.07) is 0. The molecule has 1 nitrogen and oxygen atoms in total. The average Bonchev–Trinajstić information content (AvgIpc) is 2.10. The Kier molecular flexibility index (Phi) is 8.98. The predicted octanol–water partition coefficient (Wildman–Crippen LogP) is 3.04. The van der Waals surface area contributed by atoms with E-state index in [1.165, 1.54) is 12.5 Å². The van der Waals surface area contributed by atoms with Gasteiger partial charge in [-0.3, -0.25) is 4.79 Å². The summed E-state index contributed by atoms with van der Waals surface area (Å²) in [5, 5.41) is 0. The standard InChI is InChI=1S/C11H16O/c1-2-3-4-5-6-7-8-9-10-11-12/h4-5,7-11H,2-3,6H2,1H3/b5-4+,8-7+,10-9+. The highest BCUT2D eigenvalue weighted by atomic mass is 16.1. The van der Waals surface area contributed by atoms with Crippen LogP contribution in [0.25, 0.3) is 0 Å². The highest BCUT2D eigenvalue weighted by Crippen LogP contribution is 1.92. The normalized spacial score (nSPS) is 12.1. The van der Waals surface area contributed by atoms with E-state index in [0.29, 0.717) is 0 Å². The summed E-state index contributed by atoms with van der Waals surface area (Å²) in [5.74, 6) is 0. The molecule has 0 aliphatic heterocycles. The van der Waals surface area contributed by atoms with Crippen molar-refractivity contribution in [2.24, 2.45) is 0 Å². The Hall–Kier alpha value is -1.11. The largest absolute Gasteiger partial charge is 0.299 e. The Bertz CT molecular complexity index is 175. The lowest BCUT2D eigenvalue weighted by atomic mass is 10.2. The van der Waals surface area contributed by atoms with Gasteiger partial charge in [-0.1, -0.05) is 43.7 Å². The van der Waals surface area contributed by atoms with E-state index in [9.17, 15) is 4.79 Å². The van der Waals surface area contributed by atoms with Crippen molar-refractivity contribution in [3.05, 3.63) is 36.5 Å². The number of hydrogen-bond donors (Lipinski definition) is 0.